The summed E-state index contributed by atoms with van der Waals surface area (Å²) >= 11 is 13.3. The molecule has 3 aromatic rings. The highest BCUT2D eigenvalue weighted by Gasteiger charge is 2.30. The molecule has 0 radical (unpaired) electrons. The van der Waals surface area contributed by atoms with Crippen LogP contribution in [0.15, 0.2) is 31.0 Å². The van der Waals surface area contributed by atoms with Crippen LogP contribution in [0, 0.1) is 5.92 Å². The van der Waals surface area contributed by atoms with Crippen molar-refractivity contribution in [1.82, 2.24) is 20.3 Å². The van der Waals surface area contributed by atoms with E-state index in [1.807, 2.05) is 6.07 Å². The van der Waals surface area contributed by atoms with Crippen molar-refractivity contribution in [2.45, 2.75) is 24.9 Å². The average Bonchev–Trinajstić information content (AvgIpc) is 3.66. The molecule has 10 nitrogen and oxygen atoms in total. The monoisotopic (exact) mass is 558 g/mol. The van der Waals surface area contributed by atoms with Crippen LogP contribution >= 0.6 is 23.2 Å². The molecule has 1 aromatic carbocycles. The number of methoxy groups -OCH3 is 2. The summed E-state index contributed by atoms with van der Waals surface area (Å²) in [5, 5.41) is 11.1. The van der Waals surface area contributed by atoms with Gasteiger partial charge in [0.25, 0.3) is 0 Å². The first-order valence-electron chi connectivity index (χ1n) is 12.2. The summed E-state index contributed by atoms with van der Waals surface area (Å²) < 4.78 is 16.4. The summed E-state index contributed by atoms with van der Waals surface area (Å²) in [6, 6.07) is 3.14. The van der Waals surface area contributed by atoms with Gasteiger partial charge in [-0.2, -0.15) is 0 Å². The molecule has 0 spiro atoms. The number of rotatable bonds is 10. The second-order valence-corrected chi connectivity index (χ2v) is 9.95. The highest BCUT2D eigenvalue weighted by Crippen LogP contribution is 2.45. The Balaban J connectivity index is 1.54. The zero-order valence-electron chi connectivity index (χ0n) is 21.0. The van der Waals surface area contributed by atoms with Crippen molar-refractivity contribution in [2.75, 3.05) is 44.6 Å². The van der Waals surface area contributed by atoms with Crippen molar-refractivity contribution in [3.05, 3.63) is 41.0 Å². The number of fused-ring (bicyclic) bond motifs is 1. The quantitative estimate of drug-likeness (QED) is 0.312. The molecule has 38 heavy (non-hydrogen) atoms. The van der Waals surface area contributed by atoms with E-state index >= 15 is 0 Å². The van der Waals surface area contributed by atoms with Gasteiger partial charge < -0.3 is 30.2 Å². The van der Waals surface area contributed by atoms with Crippen molar-refractivity contribution in [3.8, 4) is 22.9 Å². The molecule has 3 N–H and O–H groups in total. The molecule has 1 amide bonds. The van der Waals surface area contributed by atoms with E-state index in [0.717, 1.165) is 11.9 Å². The van der Waals surface area contributed by atoms with Crippen LogP contribution in [0.1, 0.15) is 12.8 Å². The van der Waals surface area contributed by atoms with Crippen molar-refractivity contribution in [2.24, 2.45) is 5.92 Å². The van der Waals surface area contributed by atoms with E-state index in [0.29, 0.717) is 59.2 Å². The molecule has 2 aliphatic rings. The predicted octanol–water partition coefficient (Wildman–Crippen LogP) is 4.32. The normalized spacial score (nSPS) is 18.7. The number of benzene rings is 1. The third kappa shape index (κ3) is 5.43. The molecule has 200 valence electrons. The number of halogens is 2. The minimum Gasteiger partial charge on any atom is -0.495 e. The van der Waals surface area contributed by atoms with E-state index in [2.05, 4.69) is 27.5 Å². The van der Waals surface area contributed by atoms with Crippen LogP contribution in [0.25, 0.3) is 22.3 Å². The van der Waals surface area contributed by atoms with Crippen molar-refractivity contribution >= 4 is 51.6 Å². The van der Waals surface area contributed by atoms with Gasteiger partial charge in [-0.3, -0.25) is 4.79 Å². The SMILES string of the molecule is C=CC(=O)N[C@H]1COC[C@H]1Nc1cc2c(NCC3CC3)nc(-c3c(Cl)c(OC)cc(OC)c3Cl)nc2cn1. The summed E-state index contributed by atoms with van der Waals surface area (Å²) in [5.74, 6) is 2.71. The minimum atomic E-state index is -0.252. The third-order valence-corrected chi connectivity index (χ3v) is 7.31. The van der Waals surface area contributed by atoms with Crippen LogP contribution in [-0.2, 0) is 9.53 Å². The fraction of sp³-hybridized carbons (Fsp3) is 0.385. The Hall–Kier alpha value is -3.34. The number of anilines is 2. The number of carbonyl (C=O) groups excluding carboxylic acids is 1. The van der Waals surface area contributed by atoms with Crippen molar-refractivity contribution in [1.29, 1.82) is 0 Å². The zero-order chi connectivity index (χ0) is 26.8. The molecule has 2 aromatic heterocycles. The van der Waals surface area contributed by atoms with Gasteiger partial charge >= 0.3 is 0 Å². The number of hydrogen-bond donors (Lipinski definition) is 3. The van der Waals surface area contributed by atoms with Gasteiger partial charge in [-0.1, -0.05) is 29.8 Å². The number of aromatic nitrogens is 3. The Kier molecular flexibility index (Phi) is 7.73. The molecule has 5 rings (SSSR count). The number of carbonyl (C=O) groups is 1. The van der Waals surface area contributed by atoms with Crippen LogP contribution in [0.4, 0.5) is 11.6 Å². The van der Waals surface area contributed by atoms with Crippen LogP contribution in [0.5, 0.6) is 11.5 Å². The molecule has 3 heterocycles. The summed E-state index contributed by atoms with van der Waals surface area (Å²) in [6.45, 7) is 5.12. The molecule has 1 saturated carbocycles. The molecule has 1 aliphatic heterocycles. The van der Waals surface area contributed by atoms with Crippen molar-refractivity contribution in [3.63, 3.8) is 0 Å². The standard InChI is InChI=1S/C26H28Cl2N6O4/c1-4-21(35)32-17-12-38-11-16(17)31-20-7-14-15(10-29-20)33-26(34-25(14)30-9-13-5-6-13)22-23(27)18(36-2)8-19(37-3)24(22)28/h4,7-8,10,13,16-17H,1,5-6,9,11-12H2,2-3H3,(H,29,31)(H,32,35)(H,30,33,34)/t16-,17+/m1/s1. The maximum Gasteiger partial charge on any atom is 0.243 e. The second-order valence-electron chi connectivity index (χ2n) is 9.20. The van der Waals surface area contributed by atoms with Gasteiger partial charge in [0.2, 0.25) is 5.91 Å². The summed E-state index contributed by atoms with van der Waals surface area (Å²) in [7, 11) is 3.03. The lowest BCUT2D eigenvalue weighted by Gasteiger charge is -2.20. The number of nitrogens with one attached hydrogen (secondary N) is 3. The molecule has 2 fully saturated rings. The third-order valence-electron chi connectivity index (χ3n) is 6.56. The molecular formula is C26H28Cl2N6O4. The van der Waals surface area contributed by atoms with Gasteiger partial charge in [0.15, 0.2) is 5.82 Å². The first-order valence-corrected chi connectivity index (χ1v) is 13.0. The van der Waals surface area contributed by atoms with E-state index in [-0.39, 0.29) is 28.0 Å². The summed E-state index contributed by atoms with van der Waals surface area (Å²) in [5.41, 5.74) is 1.01. The van der Waals surface area contributed by atoms with Crippen LogP contribution in [-0.4, -0.2) is 66.9 Å². The first kappa shape index (κ1) is 26.3. The molecule has 2 atom stereocenters. The van der Waals surface area contributed by atoms with Crippen LogP contribution < -0.4 is 25.4 Å². The number of nitrogens with zero attached hydrogens (tertiary/aromatic N) is 3. The maximum atomic E-state index is 11.8. The first-order chi connectivity index (χ1) is 18.4. The highest BCUT2D eigenvalue weighted by atomic mass is 35.5. The smallest absolute Gasteiger partial charge is 0.243 e. The predicted molar refractivity (Wildman–Crippen MR) is 147 cm³/mol. The number of amides is 1. The van der Waals surface area contributed by atoms with Crippen LogP contribution in [0.3, 0.4) is 0 Å². The van der Waals surface area contributed by atoms with Crippen LogP contribution in [0.2, 0.25) is 10.0 Å². The summed E-state index contributed by atoms with van der Waals surface area (Å²) in [6.07, 6.45) is 5.27. The number of ether oxygens (including phenoxy) is 3. The zero-order valence-corrected chi connectivity index (χ0v) is 22.5. The van der Waals surface area contributed by atoms with Gasteiger partial charge in [-0.05, 0) is 30.9 Å². The molecule has 1 saturated heterocycles. The maximum absolute atomic E-state index is 11.8. The largest absolute Gasteiger partial charge is 0.495 e. The topological polar surface area (TPSA) is 120 Å². The molecule has 1 aliphatic carbocycles. The van der Waals surface area contributed by atoms with Gasteiger partial charge in [-0.15, -0.1) is 0 Å². The van der Waals surface area contributed by atoms with Crippen molar-refractivity contribution < 1.29 is 19.0 Å². The Morgan fingerprint density at radius 1 is 1.13 bits per heavy atom. The number of hydrogen-bond acceptors (Lipinski definition) is 9. The lowest BCUT2D eigenvalue weighted by atomic mass is 10.1. The summed E-state index contributed by atoms with van der Waals surface area (Å²) in [4.78, 5) is 26.0. The Morgan fingerprint density at radius 3 is 2.50 bits per heavy atom. The fourth-order valence-electron chi connectivity index (χ4n) is 4.27. The van der Waals surface area contributed by atoms with E-state index in [9.17, 15) is 4.79 Å². The van der Waals surface area contributed by atoms with Gasteiger partial charge in [-0.25, -0.2) is 15.0 Å². The molecule has 0 unspecified atom stereocenters. The molecular weight excluding hydrogens is 531 g/mol. The Morgan fingerprint density at radius 2 is 1.84 bits per heavy atom. The van der Waals surface area contributed by atoms with Gasteiger partial charge in [0.05, 0.1) is 66.8 Å². The molecule has 0 bridgehead atoms. The van der Waals surface area contributed by atoms with E-state index in [4.69, 9.17) is 47.4 Å². The minimum absolute atomic E-state index is 0.159. The lowest BCUT2D eigenvalue weighted by Crippen LogP contribution is -2.45. The van der Waals surface area contributed by atoms with E-state index in [1.165, 1.54) is 33.1 Å². The lowest BCUT2D eigenvalue weighted by molar-refractivity contribution is -0.117. The Labute approximate surface area is 230 Å². The average molecular weight is 559 g/mol. The fourth-order valence-corrected chi connectivity index (χ4v) is 4.94. The van der Waals surface area contributed by atoms with E-state index < -0.39 is 0 Å². The van der Waals surface area contributed by atoms with Gasteiger partial charge in [0, 0.05) is 18.0 Å². The van der Waals surface area contributed by atoms with E-state index in [1.54, 1.807) is 12.3 Å². The number of pyridine rings is 1. The van der Waals surface area contributed by atoms with Gasteiger partial charge in [0.1, 0.15) is 23.1 Å². The Bertz CT molecular complexity index is 1360. The second kappa shape index (κ2) is 11.2. The molecule has 12 heteroatoms. The highest BCUT2D eigenvalue weighted by molar-refractivity contribution is 6.41.